The highest BCUT2D eigenvalue weighted by Crippen LogP contribution is 2.10. The third-order valence-corrected chi connectivity index (χ3v) is 1.99. The van der Waals surface area contributed by atoms with Gasteiger partial charge in [0.2, 0.25) is 0 Å². The van der Waals surface area contributed by atoms with Crippen LogP contribution in [0.1, 0.15) is 45.9 Å². The second kappa shape index (κ2) is 7.91. The summed E-state index contributed by atoms with van der Waals surface area (Å²) in [6.07, 6.45) is 2.80. The van der Waals surface area contributed by atoms with Gasteiger partial charge in [-0.2, -0.15) is 0 Å². The fourth-order valence-electron chi connectivity index (χ4n) is 1.29. The van der Waals surface area contributed by atoms with Crippen LogP contribution in [0.25, 0.3) is 5.70 Å². The first kappa shape index (κ1) is 14.7. The smallest absolute Gasteiger partial charge is 0.0407 e. The van der Waals surface area contributed by atoms with E-state index in [1.54, 1.807) is 0 Å². The lowest BCUT2D eigenvalue weighted by Gasteiger charge is -2.13. The third-order valence-electron chi connectivity index (χ3n) is 1.99. The van der Waals surface area contributed by atoms with E-state index < -0.39 is 0 Å². The number of nitrogens with zero attached hydrogens (tertiary/aromatic N) is 1. The fourth-order valence-corrected chi connectivity index (χ4v) is 1.29. The van der Waals surface area contributed by atoms with E-state index in [1.807, 2.05) is 26.1 Å². The predicted octanol–water partition coefficient (Wildman–Crippen LogP) is 3.64. The van der Waals surface area contributed by atoms with Crippen molar-refractivity contribution in [1.29, 1.82) is 0 Å². The minimum atomic E-state index is 0.417. The molecule has 0 aliphatic rings. The minimum absolute atomic E-state index is 0.417. The molecule has 0 spiro atoms. The van der Waals surface area contributed by atoms with Gasteiger partial charge in [-0.3, -0.25) is 4.98 Å². The molecule has 90 valence electrons. The Morgan fingerprint density at radius 3 is 2.56 bits per heavy atom. The third kappa shape index (κ3) is 4.96. The second-order valence-corrected chi connectivity index (χ2v) is 3.67. The number of rotatable bonds is 4. The number of aryl methyl sites for hydroxylation is 1. The molecule has 0 aliphatic carbocycles. The Morgan fingerprint density at radius 2 is 2.06 bits per heavy atom. The monoisotopic (exact) mass is 220 g/mol. The Labute approximate surface area is 99.8 Å². The average Bonchev–Trinajstić information content (AvgIpc) is 2.31. The van der Waals surface area contributed by atoms with E-state index in [9.17, 15) is 0 Å². The van der Waals surface area contributed by atoms with E-state index in [1.165, 1.54) is 0 Å². The number of nitrogens with one attached hydrogen (secondary N) is 1. The van der Waals surface area contributed by atoms with Gasteiger partial charge in [-0.05, 0) is 32.4 Å². The molecule has 0 saturated heterocycles. The minimum Gasteiger partial charge on any atom is -0.383 e. The highest BCUT2D eigenvalue weighted by Gasteiger charge is 2.01. The van der Waals surface area contributed by atoms with Gasteiger partial charge in [0.15, 0.2) is 0 Å². The van der Waals surface area contributed by atoms with Gasteiger partial charge in [-0.1, -0.05) is 27.4 Å². The zero-order valence-corrected chi connectivity index (χ0v) is 11.2. The van der Waals surface area contributed by atoms with Crippen molar-refractivity contribution in [2.24, 2.45) is 0 Å². The molecule has 1 rings (SSSR count). The Kier molecular flexibility index (Phi) is 7.27. The first-order chi connectivity index (χ1) is 7.63. The van der Waals surface area contributed by atoms with Crippen LogP contribution in [0.5, 0.6) is 0 Å². The molecule has 1 heterocycles. The summed E-state index contributed by atoms with van der Waals surface area (Å²) >= 11 is 0. The Bertz CT molecular complexity index is 316. The summed E-state index contributed by atoms with van der Waals surface area (Å²) in [7, 11) is 0. The highest BCUT2D eigenvalue weighted by molar-refractivity contribution is 5.61. The van der Waals surface area contributed by atoms with Crippen molar-refractivity contribution < 1.29 is 0 Å². The largest absolute Gasteiger partial charge is 0.383 e. The summed E-state index contributed by atoms with van der Waals surface area (Å²) in [6, 6.07) is 4.48. The molecule has 16 heavy (non-hydrogen) atoms. The fraction of sp³-hybridized carbons (Fsp3) is 0.500. The van der Waals surface area contributed by atoms with Gasteiger partial charge in [0.25, 0.3) is 0 Å². The van der Waals surface area contributed by atoms with E-state index in [-0.39, 0.29) is 0 Å². The van der Waals surface area contributed by atoms with E-state index >= 15 is 0 Å². The molecule has 0 aromatic carbocycles. The van der Waals surface area contributed by atoms with Crippen molar-refractivity contribution in [2.75, 3.05) is 0 Å². The van der Waals surface area contributed by atoms with Crippen molar-refractivity contribution in [2.45, 2.75) is 47.1 Å². The van der Waals surface area contributed by atoms with Crippen LogP contribution in [-0.2, 0) is 6.42 Å². The molecule has 0 amide bonds. The first-order valence-corrected chi connectivity index (χ1v) is 6.04. The molecular weight excluding hydrogens is 196 g/mol. The maximum absolute atomic E-state index is 4.25. The number of aromatic nitrogens is 1. The summed E-state index contributed by atoms with van der Waals surface area (Å²) in [4.78, 5) is 4.25. The molecule has 0 radical (unpaired) electrons. The van der Waals surface area contributed by atoms with E-state index in [0.717, 1.165) is 23.4 Å². The first-order valence-electron chi connectivity index (χ1n) is 6.04. The Hall–Kier alpha value is -1.31. The summed E-state index contributed by atoms with van der Waals surface area (Å²) < 4.78 is 0. The molecule has 0 saturated carbocycles. The lowest BCUT2D eigenvalue weighted by molar-refractivity contribution is 0.718. The van der Waals surface area contributed by atoms with Crippen molar-refractivity contribution in [3.63, 3.8) is 0 Å². The lowest BCUT2D eigenvalue weighted by atomic mass is 10.1. The van der Waals surface area contributed by atoms with Gasteiger partial charge in [-0.25, -0.2) is 0 Å². The second-order valence-electron chi connectivity index (χ2n) is 3.67. The van der Waals surface area contributed by atoms with Gasteiger partial charge >= 0.3 is 0 Å². The summed E-state index contributed by atoms with van der Waals surface area (Å²) in [5.41, 5.74) is 3.21. The molecule has 1 aromatic rings. The van der Waals surface area contributed by atoms with Crippen molar-refractivity contribution in [3.05, 3.63) is 36.2 Å². The van der Waals surface area contributed by atoms with Crippen LogP contribution in [0.15, 0.2) is 24.9 Å². The van der Waals surface area contributed by atoms with Crippen LogP contribution in [0, 0.1) is 0 Å². The number of hydrogen-bond acceptors (Lipinski definition) is 2. The molecule has 0 fully saturated rings. The van der Waals surface area contributed by atoms with E-state index in [4.69, 9.17) is 0 Å². The van der Waals surface area contributed by atoms with Gasteiger partial charge in [0, 0.05) is 29.2 Å². The molecule has 0 aliphatic heterocycles. The molecular formula is C14H24N2. The standard InChI is InChI=1S/C12H18N2.C2H6/c1-5-12-8-11(6-7-13-12)10(4)14-9(2)3;1-2/h6-9,14H,4-5H2,1-3H3;1-2H3. The molecule has 2 nitrogen and oxygen atoms in total. The van der Waals surface area contributed by atoms with Crippen molar-refractivity contribution >= 4 is 5.70 Å². The molecule has 0 atom stereocenters. The SMILES string of the molecule is C=C(NC(C)C)c1ccnc(CC)c1.CC. The summed E-state index contributed by atoms with van der Waals surface area (Å²) in [5, 5.41) is 3.29. The molecule has 0 unspecified atom stereocenters. The average molecular weight is 220 g/mol. The van der Waals surface area contributed by atoms with Crippen LogP contribution in [0.2, 0.25) is 0 Å². The maximum Gasteiger partial charge on any atom is 0.0407 e. The molecule has 1 N–H and O–H groups in total. The molecule has 1 aromatic heterocycles. The van der Waals surface area contributed by atoms with Gasteiger partial charge in [0.1, 0.15) is 0 Å². The maximum atomic E-state index is 4.25. The zero-order valence-electron chi connectivity index (χ0n) is 11.2. The van der Waals surface area contributed by atoms with E-state index in [0.29, 0.717) is 6.04 Å². The van der Waals surface area contributed by atoms with Crippen molar-refractivity contribution in [1.82, 2.24) is 10.3 Å². The Morgan fingerprint density at radius 1 is 1.44 bits per heavy atom. The number of hydrogen-bond donors (Lipinski definition) is 1. The quantitative estimate of drug-likeness (QED) is 0.838. The normalized spacial score (nSPS) is 9.38. The Balaban J connectivity index is 0.00000106. The zero-order chi connectivity index (χ0) is 12.6. The van der Waals surface area contributed by atoms with Gasteiger partial charge in [-0.15, -0.1) is 0 Å². The van der Waals surface area contributed by atoms with Gasteiger partial charge < -0.3 is 5.32 Å². The highest BCUT2D eigenvalue weighted by atomic mass is 14.9. The topological polar surface area (TPSA) is 24.9 Å². The lowest BCUT2D eigenvalue weighted by Crippen LogP contribution is -2.20. The van der Waals surface area contributed by atoms with Crippen LogP contribution in [-0.4, -0.2) is 11.0 Å². The van der Waals surface area contributed by atoms with Crippen LogP contribution >= 0.6 is 0 Å². The summed E-state index contributed by atoms with van der Waals surface area (Å²) in [5.74, 6) is 0. The number of pyridine rings is 1. The van der Waals surface area contributed by atoms with Crippen LogP contribution < -0.4 is 5.32 Å². The van der Waals surface area contributed by atoms with Crippen molar-refractivity contribution in [3.8, 4) is 0 Å². The molecule has 0 bridgehead atoms. The van der Waals surface area contributed by atoms with Crippen LogP contribution in [0.3, 0.4) is 0 Å². The molecule has 2 heteroatoms. The predicted molar refractivity (Wildman–Crippen MR) is 72.3 cm³/mol. The van der Waals surface area contributed by atoms with Crippen LogP contribution in [0.4, 0.5) is 0 Å². The summed E-state index contributed by atoms with van der Waals surface area (Å²) in [6.45, 7) is 14.3. The van der Waals surface area contributed by atoms with Gasteiger partial charge in [0.05, 0.1) is 0 Å². The van der Waals surface area contributed by atoms with E-state index in [2.05, 4.69) is 43.7 Å².